The molecule has 2 rings (SSSR count). The van der Waals surface area contributed by atoms with Gasteiger partial charge in [-0.3, -0.25) is 9.59 Å². The van der Waals surface area contributed by atoms with Gasteiger partial charge >= 0.3 is 0 Å². The molecule has 0 aromatic heterocycles. The highest BCUT2D eigenvalue weighted by atomic mass is 35.5. The summed E-state index contributed by atoms with van der Waals surface area (Å²) in [5.74, 6) is -3.04. The van der Waals surface area contributed by atoms with E-state index in [-0.39, 0.29) is 12.1 Å². The molecule has 0 unspecified atom stereocenters. The summed E-state index contributed by atoms with van der Waals surface area (Å²) in [5, 5.41) is 5.24. The van der Waals surface area contributed by atoms with Crippen molar-refractivity contribution in [1.82, 2.24) is 5.32 Å². The van der Waals surface area contributed by atoms with Crippen LogP contribution >= 0.6 is 11.6 Å². The standard InChI is InChI=1S/C16H13ClF2N2O3/c1-24-14-5-3-10(17)7-13(14)21-15(22)8-20-16(23)9-2-4-11(18)12(19)6-9/h2-7H,8H2,1H3,(H,20,23)(H,21,22). The van der Waals surface area contributed by atoms with Gasteiger partial charge in [-0.15, -0.1) is 0 Å². The second kappa shape index (κ2) is 7.74. The Labute approximate surface area is 141 Å². The number of benzene rings is 2. The number of hydrogen-bond acceptors (Lipinski definition) is 3. The van der Waals surface area contributed by atoms with Gasteiger partial charge in [0.1, 0.15) is 5.75 Å². The fourth-order valence-corrected chi connectivity index (χ4v) is 2.04. The zero-order valence-corrected chi connectivity index (χ0v) is 13.3. The first-order valence-corrected chi connectivity index (χ1v) is 7.15. The van der Waals surface area contributed by atoms with Crippen LogP contribution in [0.4, 0.5) is 14.5 Å². The van der Waals surface area contributed by atoms with Crippen molar-refractivity contribution in [3.8, 4) is 5.75 Å². The van der Waals surface area contributed by atoms with E-state index in [1.807, 2.05) is 0 Å². The number of ether oxygens (including phenoxy) is 1. The number of carbonyl (C=O) groups is 2. The Bertz CT molecular complexity index is 784. The average molecular weight is 355 g/mol. The Kier molecular flexibility index (Phi) is 5.70. The lowest BCUT2D eigenvalue weighted by Crippen LogP contribution is -2.33. The average Bonchev–Trinajstić information content (AvgIpc) is 2.55. The predicted octanol–water partition coefficient (Wildman–Crippen LogP) is 3.00. The zero-order chi connectivity index (χ0) is 17.7. The van der Waals surface area contributed by atoms with Crippen LogP contribution in [0.1, 0.15) is 10.4 Å². The van der Waals surface area contributed by atoms with Crippen LogP contribution in [0.5, 0.6) is 5.75 Å². The molecule has 0 heterocycles. The van der Waals surface area contributed by atoms with Crippen LogP contribution in [0.2, 0.25) is 5.02 Å². The normalized spacial score (nSPS) is 10.2. The van der Waals surface area contributed by atoms with E-state index in [1.54, 1.807) is 12.1 Å². The third kappa shape index (κ3) is 4.42. The summed E-state index contributed by atoms with van der Waals surface area (Å²) in [7, 11) is 1.43. The molecule has 0 radical (unpaired) electrons. The smallest absolute Gasteiger partial charge is 0.251 e. The third-order valence-electron chi connectivity index (χ3n) is 3.03. The Morgan fingerprint density at radius 1 is 1.12 bits per heavy atom. The fourth-order valence-electron chi connectivity index (χ4n) is 1.87. The molecule has 0 atom stereocenters. The molecule has 5 nitrogen and oxygen atoms in total. The van der Waals surface area contributed by atoms with Gasteiger partial charge in [-0.25, -0.2) is 8.78 Å². The minimum Gasteiger partial charge on any atom is -0.495 e. The van der Waals surface area contributed by atoms with E-state index in [0.29, 0.717) is 16.5 Å². The van der Waals surface area contributed by atoms with Gasteiger partial charge in [0.25, 0.3) is 5.91 Å². The lowest BCUT2D eigenvalue weighted by molar-refractivity contribution is -0.115. The van der Waals surface area contributed by atoms with Crippen molar-refractivity contribution >= 4 is 29.1 Å². The largest absolute Gasteiger partial charge is 0.495 e. The molecule has 0 saturated heterocycles. The van der Waals surface area contributed by atoms with E-state index in [2.05, 4.69) is 10.6 Å². The maximum Gasteiger partial charge on any atom is 0.251 e. The fraction of sp³-hybridized carbons (Fsp3) is 0.125. The van der Waals surface area contributed by atoms with Crippen LogP contribution in [0, 0.1) is 11.6 Å². The van der Waals surface area contributed by atoms with Crippen molar-refractivity contribution < 1.29 is 23.1 Å². The van der Waals surface area contributed by atoms with E-state index >= 15 is 0 Å². The summed E-state index contributed by atoms with van der Waals surface area (Å²) >= 11 is 5.85. The summed E-state index contributed by atoms with van der Waals surface area (Å²) in [6.45, 7) is -0.368. The second-order valence-electron chi connectivity index (χ2n) is 4.70. The molecule has 0 aliphatic rings. The Morgan fingerprint density at radius 2 is 1.88 bits per heavy atom. The van der Waals surface area contributed by atoms with Gasteiger partial charge < -0.3 is 15.4 Å². The molecule has 2 amide bonds. The quantitative estimate of drug-likeness (QED) is 0.867. The predicted molar refractivity (Wildman–Crippen MR) is 85.3 cm³/mol. The molecule has 0 fully saturated rings. The van der Waals surface area contributed by atoms with Crippen molar-refractivity contribution in [2.24, 2.45) is 0 Å². The molecule has 0 saturated carbocycles. The highest BCUT2D eigenvalue weighted by Gasteiger charge is 2.12. The highest BCUT2D eigenvalue weighted by molar-refractivity contribution is 6.31. The topological polar surface area (TPSA) is 67.4 Å². The molecule has 0 spiro atoms. The van der Waals surface area contributed by atoms with Crippen molar-refractivity contribution in [2.75, 3.05) is 19.0 Å². The van der Waals surface area contributed by atoms with Crippen LogP contribution in [-0.2, 0) is 4.79 Å². The third-order valence-corrected chi connectivity index (χ3v) is 3.26. The van der Waals surface area contributed by atoms with E-state index in [4.69, 9.17) is 16.3 Å². The van der Waals surface area contributed by atoms with Gasteiger partial charge in [0.2, 0.25) is 5.91 Å². The zero-order valence-electron chi connectivity index (χ0n) is 12.5. The lowest BCUT2D eigenvalue weighted by Gasteiger charge is -2.11. The van der Waals surface area contributed by atoms with E-state index in [9.17, 15) is 18.4 Å². The van der Waals surface area contributed by atoms with Crippen LogP contribution in [0.15, 0.2) is 36.4 Å². The number of methoxy groups -OCH3 is 1. The molecule has 0 aliphatic carbocycles. The Balaban J connectivity index is 1.97. The van der Waals surface area contributed by atoms with E-state index < -0.39 is 23.4 Å². The summed E-state index contributed by atoms with van der Waals surface area (Å²) < 4.78 is 31.0. The SMILES string of the molecule is COc1ccc(Cl)cc1NC(=O)CNC(=O)c1ccc(F)c(F)c1. The first-order chi connectivity index (χ1) is 11.4. The first kappa shape index (κ1) is 17.7. The summed E-state index contributed by atoms with van der Waals surface area (Å²) in [4.78, 5) is 23.7. The maximum absolute atomic E-state index is 13.1. The number of halogens is 3. The number of hydrogen-bond donors (Lipinski definition) is 2. The van der Waals surface area contributed by atoms with Gasteiger partial charge in [-0.1, -0.05) is 11.6 Å². The molecule has 2 aromatic carbocycles. The Hall–Kier alpha value is -2.67. The second-order valence-corrected chi connectivity index (χ2v) is 5.14. The minimum atomic E-state index is -1.14. The van der Waals surface area contributed by atoms with Crippen molar-refractivity contribution in [1.29, 1.82) is 0 Å². The van der Waals surface area contributed by atoms with Gasteiger partial charge in [0, 0.05) is 10.6 Å². The molecule has 2 N–H and O–H groups in total. The maximum atomic E-state index is 13.1. The molecular formula is C16H13ClF2N2O3. The van der Waals surface area contributed by atoms with Crippen LogP contribution in [-0.4, -0.2) is 25.5 Å². The summed E-state index contributed by atoms with van der Waals surface area (Å²) in [6, 6.07) is 7.38. The summed E-state index contributed by atoms with van der Waals surface area (Å²) in [6.07, 6.45) is 0. The lowest BCUT2D eigenvalue weighted by atomic mass is 10.2. The summed E-state index contributed by atoms with van der Waals surface area (Å²) in [5.41, 5.74) is 0.249. The first-order valence-electron chi connectivity index (χ1n) is 6.77. The number of carbonyl (C=O) groups excluding carboxylic acids is 2. The van der Waals surface area contributed by atoms with Crippen LogP contribution in [0.3, 0.4) is 0 Å². The van der Waals surface area contributed by atoms with Crippen molar-refractivity contribution in [3.05, 3.63) is 58.6 Å². The number of amides is 2. The van der Waals surface area contributed by atoms with Gasteiger partial charge in [-0.2, -0.15) is 0 Å². The molecular weight excluding hydrogens is 342 g/mol. The van der Waals surface area contributed by atoms with Crippen LogP contribution < -0.4 is 15.4 Å². The Morgan fingerprint density at radius 3 is 2.54 bits per heavy atom. The number of anilines is 1. The highest BCUT2D eigenvalue weighted by Crippen LogP contribution is 2.27. The van der Waals surface area contributed by atoms with Crippen molar-refractivity contribution in [3.63, 3.8) is 0 Å². The molecule has 2 aromatic rings. The molecule has 8 heteroatoms. The van der Waals surface area contributed by atoms with Crippen molar-refractivity contribution in [2.45, 2.75) is 0 Å². The van der Waals surface area contributed by atoms with Crippen LogP contribution in [0.25, 0.3) is 0 Å². The number of rotatable bonds is 5. The van der Waals surface area contributed by atoms with E-state index in [1.165, 1.54) is 13.2 Å². The molecule has 126 valence electrons. The molecule has 0 aliphatic heterocycles. The number of nitrogens with one attached hydrogen (secondary N) is 2. The molecule has 0 bridgehead atoms. The van der Waals surface area contributed by atoms with Gasteiger partial charge in [0.05, 0.1) is 19.3 Å². The van der Waals surface area contributed by atoms with Gasteiger partial charge in [0.15, 0.2) is 11.6 Å². The molecule has 24 heavy (non-hydrogen) atoms. The van der Waals surface area contributed by atoms with E-state index in [0.717, 1.165) is 18.2 Å². The van der Waals surface area contributed by atoms with Gasteiger partial charge in [-0.05, 0) is 36.4 Å². The minimum absolute atomic E-state index is 0.0953. The monoisotopic (exact) mass is 354 g/mol.